The molecule has 0 aliphatic heterocycles. The predicted octanol–water partition coefficient (Wildman–Crippen LogP) is 4.56. The molecule has 0 aromatic heterocycles. The molecule has 0 aliphatic carbocycles. The summed E-state index contributed by atoms with van der Waals surface area (Å²) in [4.78, 5) is 0. The lowest BCUT2D eigenvalue weighted by atomic mass is 9.83. The Morgan fingerprint density at radius 1 is 1.13 bits per heavy atom. The van der Waals surface area contributed by atoms with Crippen LogP contribution in [-0.2, 0) is 5.41 Å². The van der Waals surface area contributed by atoms with Crippen LogP contribution in [0.5, 0.6) is 0 Å². The highest BCUT2D eigenvalue weighted by Crippen LogP contribution is 2.30. The lowest BCUT2D eigenvalue weighted by Crippen LogP contribution is -2.15. The summed E-state index contributed by atoms with van der Waals surface area (Å²) in [6.45, 7) is 12.3. The van der Waals surface area contributed by atoms with Crippen LogP contribution < -0.4 is 0 Å². The van der Waals surface area contributed by atoms with Gasteiger partial charge in [0.05, 0.1) is 0 Å². The standard InChI is InChI=1S/C14H21F/c1-9(2)11-7-10(3)13(15)12(8-11)14(4,5)6/h7-9H,1-6H3. The molecule has 0 amide bonds. The molecule has 0 N–H and O–H groups in total. The van der Waals surface area contributed by atoms with Crippen LogP contribution in [0.3, 0.4) is 0 Å². The second-order valence-corrected chi connectivity index (χ2v) is 5.60. The quantitative estimate of drug-likeness (QED) is 0.635. The van der Waals surface area contributed by atoms with Crippen molar-refractivity contribution < 1.29 is 4.39 Å². The molecule has 0 aliphatic rings. The maximum atomic E-state index is 13.9. The Morgan fingerprint density at radius 3 is 2.07 bits per heavy atom. The van der Waals surface area contributed by atoms with Gasteiger partial charge in [0.25, 0.3) is 0 Å². The van der Waals surface area contributed by atoms with Crippen molar-refractivity contribution >= 4 is 0 Å². The second-order valence-electron chi connectivity index (χ2n) is 5.60. The van der Waals surface area contributed by atoms with E-state index in [1.807, 2.05) is 19.1 Å². The molecule has 0 nitrogen and oxygen atoms in total. The first-order valence-electron chi connectivity index (χ1n) is 5.54. The number of hydrogen-bond donors (Lipinski definition) is 0. The summed E-state index contributed by atoms with van der Waals surface area (Å²) in [7, 11) is 0. The predicted molar refractivity (Wildman–Crippen MR) is 63.9 cm³/mol. The van der Waals surface area contributed by atoms with Crippen molar-refractivity contribution in [2.75, 3.05) is 0 Å². The van der Waals surface area contributed by atoms with E-state index in [1.165, 1.54) is 5.56 Å². The van der Waals surface area contributed by atoms with E-state index in [0.717, 1.165) is 11.1 Å². The highest BCUT2D eigenvalue weighted by molar-refractivity contribution is 5.36. The minimum Gasteiger partial charge on any atom is -0.206 e. The normalized spacial score (nSPS) is 12.3. The molecule has 0 bridgehead atoms. The third kappa shape index (κ3) is 2.58. The molecule has 0 heterocycles. The maximum Gasteiger partial charge on any atom is 0.129 e. The first-order valence-corrected chi connectivity index (χ1v) is 5.54. The number of rotatable bonds is 1. The fourth-order valence-electron chi connectivity index (χ4n) is 1.68. The van der Waals surface area contributed by atoms with Gasteiger partial charge in [0.2, 0.25) is 0 Å². The van der Waals surface area contributed by atoms with E-state index in [0.29, 0.717) is 5.92 Å². The Bertz CT molecular complexity index is 356. The maximum absolute atomic E-state index is 13.9. The number of aryl methyl sites for hydroxylation is 1. The summed E-state index contributed by atoms with van der Waals surface area (Å²) >= 11 is 0. The monoisotopic (exact) mass is 208 g/mol. The minimum absolute atomic E-state index is 0.0492. The van der Waals surface area contributed by atoms with Crippen LogP contribution >= 0.6 is 0 Å². The van der Waals surface area contributed by atoms with Crippen LogP contribution in [0, 0.1) is 12.7 Å². The largest absolute Gasteiger partial charge is 0.206 e. The summed E-state index contributed by atoms with van der Waals surface area (Å²) in [5, 5.41) is 0. The molecular formula is C14H21F. The molecule has 84 valence electrons. The van der Waals surface area contributed by atoms with Gasteiger partial charge in [-0.25, -0.2) is 4.39 Å². The Morgan fingerprint density at radius 2 is 1.67 bits per heavy atom. The van der Waals surface area contributed by atoms with E-state index < -0.39 is 0 Å². The molecule has 15 heavy (non-hydrogen) atoms. The average molecular weight is 208 g/mol. The molecule has 1 heteroatoms. The van der Waals surface area contributed by atoms with Crippen molar-refractivity contribution in [3.63, 3.8) is 0 Å². The molecule has 1 rings (SSSR count). The van der Waals surface area contributed by atoms with Gasteiger partial charge in [-0.05, 0) is 34.9 Å². The van der Waals surface area contributed by atoms with Crippen LogP contribution in [-0.4, -0.2) is 0 Å². The van der Waals surface area contributed by atoms with Crippen LogP contribution in [0.15, 0.2) is 12.1 Å². The van der Waals surface area contributed by atoms with E-state index >= 15 is 0 Å². The van der Waals surface area contributed by atoms with Gasteiger partial charge in [-0.3, -0.25) is 0 Å². The van der Waals surface area contributed by atoms with E-state index in [9.17, 15) is 4.39 Å². The second kappa shape index (κ2) is 3.96. The van der Waals surface area contributed by atoms with Crippen molar-refractivity contribution in [2.24, 2.45) is 0 Å². The van der Waals surface area contributed by atoms with Gasteiger partial charge in [-0.1, -0.05) is 46.8 Å². The first-order chi connectivity index (χ1) is 6.73. The fraction of sp³-hybridized carbons (Fsp3) is 0.571. The number of halogens is 1. The molecule has 0 atom stereocenters. The van der Waals surface area contributed by atoms with Gasteiger partial charge in [-0.15, -0.1) is 0 Å². The van der Waals surface area contributed by atoms with Crippen molar-refractivity contribution in [3.05, 3.63) is 34.6 Å². The zero-order valence-electron chi connectivity index (χ0n) is 10.6. The van der Waals surface area contributed by atoms with Crippen LogP contribution in [0.2, 0.25) is 0 Å². The summed E-state index contributed by atoms with van der Waals surface area (Å²) < 4.78 is 13.9. The van der Waals surface area contributed by atoms with Gasteiger partial charge >= 0.3 is 0 Å². The fourth-order valence-corrected chi connectivity index (χ4v) is 1.68. The Kier molecular flexibility index (Phi) is 3.22. The molecular weight excluding hydrogens is 187 g/mol. The molecule has 0 unspecified atom stereocenters. The Hall–Kier alpha value is -0.850. The van der Waals surface area contributed by atoms with Gasteiger partial charge in [0.15, 0.2) is 0 Å². The zero-order chi connectivity index (χ0) is 11.8. The summed E-state index contributed by atoms with van der Waals surface area (Å²) in [5.74, 6) is 0.400. The third-order valence-corrected chi connectivity index (χ3v) is 2.75. The van der Waals surface area contributed by atoms with Gasteiger partial charge in [-0.2, -0.15) is 0 Å². The smallest absolute Gasteiger partial charge is 0.129 e. The van der Waals surface area contributed by atoms with Gasteiger partial charge in [0.1, 0.15) is 5.82 Å². The van der Waals surface area contributed by atoms with Gasteiger partial charge in [0, 0.05) is 0 Å². The van der Waals surface area contributed by atoms with E-state index in [2.05, 4.69) is 34.6 Å². The Balaban J connectivity index is 3.38. The zero-order valence-corrected chi connectivity index (χ0v) is 10.6. The topological polar surface area (TPSA) is 0 Å². The van der Waals surface area contributed by atoms with Crippen LogP contribution in [0.25, 0.3) is 0 Å². The molecule has 0 saturated heterocycles. The highest BCUT2D eigenvalue weighted by atomic mass is 19.1. The molecule has 0 saturated carbocycles. The lowest BCUT2D eigenvalue weighted by Gasteiger charge is -2.22. The minimum atomic E-state index is -0.125. The number of benzene rings is 1. The van der Waals surface area contributed by atoms with E-state index in [4.69, 9.17) is 0 Å². The first kappa shape index (κ1) is 12.2. The summed E-state index contributed by atoms with van der Waals surface area (Å²) in [6.07, 6.45) is 0. The molecule has 1 aromatic rings. The summed E-state index contributed by atoms with van der Waals surface area (Å²) in [5.41, 5.74) is 2.68. The Labute approximate surface area is 92.5 Å². The molecule has 0 radical (unpaired) electrons. The van der Waals surface area contributed by atoms with E-state index in [1.54, 1.807) is 0 Å². The third-order valence-electron chi connectivity index (χ3n) is 2.75. The summed E-state index contributed by atoms with van der Waals surface area (Å²) in [6, 6.07) is 3.96. The van der Waals surface area contributed by atoms with Crippen molar-refractivity contribution in [1.29, 1.82) is 0 Å². The molecule has 0 fully saturated rings. The van der Waals surface area contributed by atoms with Crippen molar-refractivity contribution in [3.8, 4) is 0 Å². The van der Waals surface area contributed by atoms with E-state index in [-0.39, 0.29) is 11.2 Å². The SMILES string of the molecule is Cc1cc(C(C)C)cc(C(C)(C)C)c1F. The molecule has 1 aromatic carbocycles. The lowest BCUT2D eigenvalue weighted by molar-refractivity contribution is 0.516. The van der Waals surface area contributed by atoms with Gasteiger partial charge < -0.3 is 0 Å². The number of hydrogen-bond acceptors (Lipinski definition) is 0. The molecule has 0 spiro atoms. The average Bonchev–Trinajstić information content (AvgIpc) is 2.06. The van der Waals surface area contributed by atoms with Crippen molar-refractivity contribution in [1.82, 2.24) is 0 Å². The highest BCUT2D eigenvalue weighted by Gasteiger charge is 2.20. The van der Waals surface area contributed by atoms with Crippen LogP contribution in [0.1, 0.15) is 57.2 Å². The van der Waals surface area contributed by atoms with Crippen molar-refractivity contribution in [2.45, 2.75) is 52.9 Å². The van der Waals surface area contributed by atoms with Crippen LogP contribution in [0.4, 0.5) is 4.39 Å².